The zero-order valence-electron chi connectivity index (χ0n) is 18.4. The molecular weight excluding hydrogens is 390 g/mol. The lowest BCUT2D eigenvalue weighted by molar-refractivity contribution is -0.117. The molecule has 0 radical (unpaired) electrons. The van der Waals surface area contributed by atoms with E-state index in [4.69, 9.17) is 0 Å². The standard InChI is InChI=1S/C24H31N5O2/c1-18-8-6-7-11-28(18)13-12-27(2)24(31)20-14-21-23(25-15-20)26-16-22(30)29(21)17-19-9-4-3-5-10-19/h3-5,9-10,14-15,18H,6-8,11-13,16-17H2,1-2H3,(H,25,26). The van der Waals surface area contributed by atoms with E-state index in [0.717, 1.165) is 18.7 Å². The van der Waals surface area contributed by atoms with Crippen molar-refractivity contribution in [2.24, 2.45) is 0 Å². The summed E-state index contributed by atoms with van der Waals surface area (Å²) in [6.45, 7) is 5.57. The highest BCUT2D eigenvalue weighted by Crippen LogP contribution is 2.30. The molecule has 2 amide bonds. The Hall–Kier alpha value is -2.93. The number of piperidine rings is 1. The maximum atomic E-state index is 13.1. The molecule has 1 aromatic carbocycles. The van der Waals surface area contributed by atoms with Crippen LogP contribution >= 0.6 is 0 Å². The van der Waals surface area contributed by atoms with Gasteiger partial charge in [0, 0.05) is 32.4 Å². The molecule has 3 heterocycles. The van der Waals surface area contributed by atoms with Crippen molar-refractivity contribution >= 4 is 23.3 Å². The summed E-state index contributed by atoms with van der Waals surface area (Å²) in [4.78, 5) is 36.1. The highest BCUT2D eigenvalue weighted by molar-refractivity contribution is 6.04. The van der Waals surface area contributed by atoms with Gasteiger partial charge < -0.3 is 15.1 Å². The monoisotopic (exact) mass is 421 g/mol. The van der Waals surface area contributed by atoms with Gasteiger partial charge in [-0.15, -0.1) is 0 Å². The first kappa shape index (κ1) is 21.3. The van der Waals surface area contributed by atoms with Crippen LogP contribution in [0, 0.1) is 0 Å². The number of amides is 2. The summed E-state index contributed by atoms with van der Waals surface area (Å²) in [6.07, 6.45) is 5.35. The number of likely N-dealkylation sites (tertiary alicyclic amines) is 1. The molecule has 164 valence electrons. The Kier molecular flexibility index (Phi) is 6.51. The van der Waals surface area contributed by atoms with Gasteiger partial charge in [-0.2, -0.15) is 0 Å². The second-order valence-electron chi connectivity index (χ2n) is 8.52. The molecule has 1 aromatic heterocycles. The van der Waals surface area contributed by atoms with Gasteiger partial charge in [-0.25, -0.2) is 4.98 Å². The molecule has 1 saturated heterocycles. The lowest BCUT2D eigenvalue weighted by atomic mass is 10.0. The Labute approximate surface area is 184 Å². The molecule has 1 unspecified atom stereocenters. The van der Waals surface area contributed by atoms with Crippen LogP contribution in [-0.2, 0) is 11.3 Å². The average molecular weight is 422 g/mol. The second kappa shape index (κ2) is 9.47. The van der Waals surface area contributed by atoms with Gasteiger partial charge in [0.2, 0.25) is 5.91 Å². The van der Waals surface area contributed by atoms with E-state index in [0.29, 0.717) is 36.2 Å². The summed E-state index contributed by atoms with van der Waals surface area (Å²) in [6, 6.07) is 12.2. The van der Waals surface area contributed by atoms with E-state index in [9.17, 15) is 9.59 Å². The van der Waals surface area contributed by atoms with E-state index in [-0.39, 0.29) is 18.4 Å². The number of hydrogen-bond acceptors (Lipinski definition) is 5. The number of likely N-dealkylation sites (N-methyl/N-ethyl adjacent to an activating group) is 1. The predicted molar refractivity (Wildman–Crippen MR) is 122 cm³/mol. The molecule has 7 nitrogen and oxygen atoms in total. The number of aromatic nitrogens is 1. The highest BCUT2D eigenvalue weighted by Gasteiger charge is 2.27. The number of fused-ring (bicyclic) bond motifs is 1. The van der Waals surface area contributed by atoms with E-state index in [1.54, 1.807) is 22.1 Å². The largest absolute Gasteiger partial charge is 0.359 e. The third kappa shape index (κ3) is 4.88. The van der Waals surface area contributed by atoms with Crippen molar-refractivity contribution < 1.29 is 9.59 Å². The van der Waals surface area contributed by atoms with Gasteiger partial charge in [0.25, 0.3) is 5.91 Å². The fourth-order valence-corrected chi connectivity index (χ4v) is 4.33. The van der Waals surface area contributed by atoms with Crippen molar-refractivity contribution in [1.82, 2.24) is 14.8 Å². The van der Waals surface area contributed by atoms with Crippen LogP contribution in [0.2, 0.25) is 0 Å². The second-order valence-corrected chi connectivity index (χ2v) is 8.52. The number of nitrogens with zero attached hydrogens (tertiary/aromatic N) is 4. The minimum absolute atomic E-state index is 0.0322. The Balaban J connectivity index is 1.48. The lowest BCUT2D eigenvalue weighted by Gasteiger charge is -2.34. The molecule has 2 aliphatic heterocycles. The Morgan fingerprint density at radius 3 is 2.84 bits per heavy atom. The Morgan fingerprint density at radius 2 is 2.06 bits per heavy atom. The molecule has 1 N–H and O–H groups in total. The minimum atomic E-state index is -0.0716. The van der Waals surface area contributed by atoms with E-state index in [1.807, 2.05) is 37.4 Å². The number of hydrogen-bond donors (Lipinski definition) is 1. The third-order valence-electron chi connectivity index (χ3n) is 6.31. The van der Waals surface area contributed by atoms with Crippen molar-refractivity contribution in [1.29, 1.82) is 0 Å². The fraction of sp³-hybridized carbons (Fsp3) is 0.458. The fourth-order valence-electron chi connectivity index (χ4n) is 4.33. The van der Waals surface area contributed by atoms with E-state index >= 15 is 0 Å². The average Bonchev–Trinajstić information content (AvgIpc) is 2.80. The van der Waals surface area contributed by atoms with Gasteiger partial charge in [-0.1, -0.05) is 36.8 Å². The molecule has 4 rings (SSSR count). The summed E-state index contributed by atoms with van der Waals surface area (Å²) >= 11 is 0. The number of rotatable bonds is 6. The molecule has 1 atom stereocenters. The number of anilines is 2. The Morgan fingerprint density at radius 1 is 1.26 bits per heavy atom. The van der Waals surface area contributed by atoms with Crippen LogP contribution in [0.1, 0.15) is 42.1 Å². The lowest BCUT2D eigenvalue weighted by Crippen LogP contribution is -2.43. The van der Waals surface area contributed by atoms with Crippen LogP contribution in [-0.4, -0.2) is 65.9 Å². The maximum absolute atomic E-state index is 13.1. The summed E-state index contributed by atoms with van der Waals surface area (Å²) in [5, 5.41) is 3.06. The van der Waals surface area contributed by atoms with Gasteiger partial charge in [-0.3, -0.25) is 14.5 Å². The summed E-state index contributed by atoms with van der Waals surface area (Å²) < 4.78 is 0. The van der Waals surface area contributed by atoms with E-state index in [1.165, 1.54) is 19.3 Å². The maximum Gasteiger partial charge on any atom is 0.255 e. The molecule has 7 heteroatoms. The normalized spacial score (nSPS) is 19.0. The predicted octanol–water partition coefficient (Wildman–Crippen LogP) is 2.99. The molecular formula is C24H31N5O2. The molecule has 2 aromatic rings. The third-order valence-corrected chi connectivity index (χ3v) is 6.31. The van der Waals surface area contributed by atoms with Crippen molar-refractivity contribution in [2.45, 2.75) is 38.8 Å². The summed E-state index contributed by atoms with van der Waals surface area (Å²) in [7, 11) is 1.83. The van der Waals surface area contributed by atoms with Crippen LogP contribution in [0.25, 0.3) is 0 Å². The summed E-state index contributed by atoms with van der Waals surface area (Å²) in [5.74, 6) is 0.532. The highest BCUT2D eigenvalue weighted by atomic mass is 16.2. The number of carbonyl (C=O) groups excluding carboxylic acids is 2. The molecule has 0 saturated carbocycles. The number of pyridine rings is 1. The zero-order chi connectivity index (χ0) is 21.8. The van der Waals surface area contributed by atoms with E-state index < -0.39 is 0 Å². The summed E-state index contributed by atoms with van der Waals surface area (Å²) in [5.41, 5.74) is 2.19. The van der Waals surface area contributed by atoms with Crippen molar-refractivity contribution in [3.8, 4) is 0 Å². The molecule has 0 bridgehead atoms. The van der Waals surface area contributed by atoms with Crippen molar-refractivity contribution in [2.75, 3.05) is 43.4 Å². The molecule has 0 aliphatic carbocycles. The first-order valence-corrected chi connectivity index (χ1v) is 11.1. The quantitative estimate of drug-likeness (QED) is 0.777. The van der Waals surface area contributed by atoms with Gasteiger partial charge in [-0.05, 0) is 37.9 Å². The van der Waals surface area contributed by atoms with Gasteiger partial charge in [0.15, 0.2) is 5.82 Å². The van der Waals surface area contributed by atoms with Crippen LogP contribution in [0.5, 0.6) is 0 Å². The number of benzene rings is 1. The zero-order valence-corrected chi connectivity index (χ0v) is 18.4. The van der Waals surface area contributed by atoms with Gasteiger partial charge in [0.1, 0.15) is 0 Å². The van der Waals surface area contributed by atoms with Crippen LogP contribution in [0.3, 0.4) is 0 Å². The van der Waals surface area contributed by atoms with Gasteiger partial charge >= 0.3 is 0 Å². The van der Waals surface area contributed by atoms with Crippen LogP contribution in [0.4, 0.5) is 11.5 Å². The van der Waals surface area contributed by atoms with Crippen LogP contribution in [0.15, 0.2) is 42.6 Å². The van der Waals surface area contributed by atoms with Crippen LogP contribution < -0.4 is 10.2 Å². The van der Waals surface area contributed by atoms with Crippen molar-refractivity contribution in [3.63, 3.8) is 0 Å². The SMILES string of the molecule is CC1CCCCN1CCN(C)C(=O)c1cnc2c(c1)N(Cc1ccccc1)C(=O)CN2. The molecule has 2 aliphatic rings. The van der Waals surface area contributed by atoms with E-state index in [2.05, 4.69) is 22.1 Å². The first-order chi connectivity index (χ1) is 15.0. The molecule has 1 fully saturated rings. The topological polar surface area (TPSA) is 68.8 Å². The first-order valence-electron chi connectivity index (χ1n) is 11.1. The molecule has 31 heavy (non-hydrogen) atoms. The molecule has 0 spiro atoms. The minimum Gasteiger partial charge on any atom is -0.359 e. The smallest absolute Gasteiger partial charge is 0.255 e. The number of carbonyl (C=O) groups is 2. The number of nitrogens with one attached hydrogen (secondary N) is 1. The van der Waals surface area contributed by atoms with Gasteiger partial charge in [0.05, 0.1) is 24.3 Å². The van der Waals surface area contributed by atoms with Crippen molar-refractivity contribution in [3.05, 3.63) is 53.7 Å². The Bertz CT molecular complexity index is 933.